The zero-order chi connectivity index (χ0) is 21.7. The molecule has 0 bridgehead atoms. The quantitative estimate of drug-likeness (QED) is 0.504. The summed E-state index contributed by atoms with van der Waals surface area (Å²) in [5, 5.41) is 14.0. The van der Waals surface area contributed by atoms with Gasteiger partial charge in [-0.1, -0.05) is 65.9 Å². The molecule has 0 atom stereocenters. The summed E-state index contributed by atoms with van der Waals surface area (Å²) in [5.41, 5.74) is 1.26. The summed E-state index contributed by atoms with van der Waals surface area (Å²) in [6, 6.07) is 12.9. The maximum Gasteiger partial charge on any atom is 0.266 e. The van der Waals surface area contributed by atoms with Crippen molar-refractivity contribution >= 4 is 69.4 Å². The number of nitrogens with one attached hydrogen (secondary N) is 1. The molecule has 9 heteroatoms. The molecule has 1 saturated heterocycles. The summed E-state index contributed by atoms with van der Waals surface area (Å²) in [5.74, 6) is -1.73. The highest BCUT2D eigenvalue weighted by Crippen LogP contribution is 2.33. The van der Waals surface area contributed by atoms with Crippen LogP contribution in [0.5, 0.6) is 0 Å². The van der Waals surface area contributed by atoms with Gasteiger partial charge in [0.15, 0.2) is 0 Å². The Morgan fingerprint density at radius 1 is 1.17 bits per heavy atom. The van der Waals surface area contributed by atoms with Gasteiger partial charge >= 0.3 is 0 Å². The van der Waals surface area contributed by atoms with Crippen LogP contribution in [-0.4, -0.2) is 33.5 Å². The van der Waals surface area contributed by atoms with E-state index in [2.05, 4.69) is 5.32 Å². The number of aromatic carboxylic acids is 1. The maximum absolute atomic E-state index is 12.6. The van der Waals surface area contributed by atoms with Crippen molar-refractivity contribution in [3.8, 4) is 0 Å². The number of carbonyl (C=O) groups excluding carboxylic acids is 3. The van der Waals surface area contributed by atoms with Gasteiger partial charge in [-0.15, -0.1) is 0 Å². The second kappa shape index (κ2) is 9.88. The van der Waals surface area contributed by atoms with Gasteiger partial charge in [-0.2, -0.15) is 0 Å². The monoisotopic (exact) mass is 459 g/mol. The molecule has 1 N–H and O–H groups in total. The number of amides is 2. The highest BCUT2D eigenvalue weighted by Gasteiger charge is 2.31. The maximum atomic E-state index is 12.6. The van der Waals surface area contributed by atoms with Gasteiger partial charge in [0.1, 0.15) is 4.32 Å². The van der Waals surface area contributed by atoms with E-state index in [-0.39, 0.29) is 23.8 Å². The minimum Gasteiger partial charge on any atom is -0.545 e. The van der Waals surface area contributed by atoms with Crippen molar-refractivity contribution in [2.45, 2.75) is 12.8 Å². The summed E-state index contributed by atoms with van der Waals surface area (Å²) >= 11 is 12.7. The first kappa shape index (κ1) is 22.0. The number of hydrogen-bond acceptors (Lipinski definition) is 6. The first-order valence-corrected chi connectivity index (χ1v) is 10.6. The van der Waals surface area contributed by atoms with Gasteiger partial charge in [-0.05, 0) is 41.8 Å². The van der Waals surface area contributed by atoms with Crippen LogP contribution >= 0.6 is 35.6 Å². The standard InChI is InChI=1S/C21H17ClN2O4S2/c22-16-5-2-1-4-14(16)12-17-19(26)24(21(29)30-17)11-3-6-18(25)23-15-9-7-13(8-10-15)20(27)28/h1-2,4-5,7-10,12H,3,6,11H2,(H,23,25)(H,27,28)/p-1/b17-12+. The largest absolute Gasteiger partial charge is 0.545 e. The van der Waals surface area contributed by atoms with E-state index in [1.807, 2.05) is 18.2 Å². The number of carboxylic acids is 1. The molecule has 1 aliphatic rings. The molecule has 0 spiro atoms. The Hall–Kier alpha value is -2.68. The molecule has 2 amide bonds. The van der Waals surface area contributed by atoms with Crippen LogP contribution in [0.25, 0.3) is 6.08 Å². The Bertz CT molecular complexity index is 1040. The number of carboxylic acid groups (broad SMARTS) is 1. The Kier molecular flexibility index (Phi) is 7.25. The first-order valence-electron chi connectivity index (χ1n) is 8.96. The molecule has 1 heterocycles. The summed E-state index contributed by atoms with van der Waals surface area (Å²) in [7, 11) is 0. The fourth-order valence-corrected chi connectivity index (χ4v) is 4.23. The highest BCUT2D eigenvalue weighted by atomic mass is 35.5. The van der Waals surface area contributed by atoms with Crippen LogP contribution in [0, 0.1) is 0 Å². The van der Waals surface area contributed by atoms with Crippen molar-refractivity contribution in [2.24, 2.45) is 0 Å². The second-order valence-corrected chi connectivity index (χ2v) is 8.45. The van der Waals surface area contributed by atoms with Crippen LogP contribution < -0.4 is 10.4 Å². The Labute approximate surface area is 187 Å². The summed E-state index contributed by atoms with van der Waals surface area (Å²) in [4.78, 5) is 37.5. The molecule has 1 fully saturated rings. The minimum atomic E-state index is -1.28. The van der Waals surface area contributed by atoms with Crippen molar-refractivity contribution in [1.29, 1.82) is 0 Å². The van der Waals surface area contributed by atoms with Crippen molar-refractivity contribution in [3.63, 3.8) is 0 Å². The molecular weight excluding hydrogens is 444 g/mol. The van der Waals surface area contributed by atoms with E-state index >= 15 is 0 Å². The zero-order valence-corrected chi connectivity index (χ0v) is 18.0. The van der Waals surface area contributed by atoms with Crippen molar-refractivity contribution in [2.75, 3.05) is 11.9 Å². The van der Waals surface area contributed by atoms with Gasteiger partial charge in [0, 0.05) is 23.7 Å². The lowest BCUT2D eigenvalue weighted by molar-refractivity contribution is -0.255. The molecule has 154 valence electrons. The van der Waals surface area contributed by atoms with Crippen LogP contribution in [-0.2, 0) is 9.59 Å². The van der Waals surface area contributed by atoms with Gasteiger partial charge in [-0.3, -0.25) is 14.5 Å². The number of nitrogens with zero attached hydrogens (tertiary/aromatic N) is 1. The number of carbonyl (C=O) groups is 3. The SMILES string of the molecule is O=C(CCCN1C(=O)/C(=C\c2ccccc2Cl)SC1=S)Nc1ccc(C(=O)[O-])cc1. The van der Waals surface area contributed by atoms with Crippen molar-refractivity contribution < 1.29 is 19.5 Å². The van der Waals surface area contributed by atoms with E-state index in [0.717, 1.165) is 5.56 Å². The second-order valence-electron chi connectivity index (χ2n) is 6.37. The van der Waals surface area contributed by atoms with Crippen molar-refractivity contribution in [1.82, 2.24) is 4.90 Å². The van der Waals surface area contributed by atoms with Gasteiger partial charge in [-0.25, -0.2) is 0 Å². The third-order valence-corrected chi connectivity index (χ3v) is 5.98. The number of hydrogen-bond donors (Lipinski definition) is 1. The predicted molar refractivity (Wildman–Crippen MR) is 120 cm³/mol. The lowest BCUT2D eigenvalue weighted by atomic mass is 10.2. The molecule has 2 aromatic rings. The third kappa shape index (κ3) is 5.47. The Morgan fingerprint density at radius 3 is 2.53 bits per heavy atom. The van der Waals surface area contributed by atoms with Crippen LogP contribution in [0.1, 0.15) is 28.8 Å². The fourth-order valence-electron chi connectivity index (χ4n) is 2.74. The number of thioether (sulfide) groups is 1. The van der Waals surface area contributed by atoms with E-state index in [0.29, 0.717) is 32.9 Å². The summed E-state index contributed by atoms with van der Waals surface area (Å²) < 4.78 is 0.441. The Balaban J connectivity index is 1.52. The average Bonchev–Trinajstić information content (AvgIpc) is 2.97. The van der Waals surface area contributed by atoms with Crippen LogP contribution in [0.2, 0.25) is 5.02 Å². The van der Waals surface area contributed by atoms with Crippen LogP contribution in [0.4, 0.5) is 5.69 Å². The van der Waals surface area contributed by atoms with E-state index in [1.54, 1.807) is 12.1 Å². The highest BCUT2D eigenvalue weighted by molar-refractivity contribution is 8.26. The van der Waals surface area contributed by atoms with Gasteiger partial charge in [0.25, 0.3) is 5.91 Å². The zero-order valence-electron chi connectivity index (χ0n) is 15.6. The lowest BCUT2D eigenvalue weighted by Crippen LogP contribution is -2.29. The minimum absolute atomic E-state index is 0.0345. The molecule has 2 aromatic carbocycles. The molecule has 0 radical (unpaired) electrons. The molecule has 6 nitrogen and oxygen atoms in total. The molecular formula is C21H16ClN2O4S2-. The fraction of sp³-hybridized carbons (Fsp3) is 0.143. The van der Waals surface area contributed by atoms with Gasteiger partial charge in [0.2, 0.25) is 5.91 Å². The predicted octanol–water partition coefficient (Wildman–Crippen LogP) is 3.32. The van der Waals surface area contributed by atoms with Crippen molar-refractivity contribution in [3.05, 3.63) is 69.6 Å². The molecule has 0 aliphatic carbocycles. The normalized spacial score (nSPS) is 15.0. The molecule has 0 aromatic heterocycles. The van der Waals surface area contributed by atoms with Crippen LogP contribution in [0.3, 0.4) is 0 Å². The van der Waals surface area contributed by atoms with Crippen LogP contribution in [0.15, 0.2) is 53.4 Å². The number of thiocarbonyl (C=S) groups is 1. The molecule has 30 heavy (non-hydrogen) atoms. The van der Waals surface area contributed by atoms with Gasteiger partial charge in [0.05, 0.1) is 10.9 Å². The lowest BCUT2D eigenvalue weighted by Gasteiger charge is -2.14. The molecule has 1 aliphatic heterocycles. The van der Waals surface area contributed by atoms with E-state index < -0.39 is 5.97 Å². The number of rotatable bonds is 7. The average molecular weight is 460 g/mol. The summed E-state index contributed by atoms with van der Waals surface area (Å²) in [6.45, 7) is 0.321. The number of benzene rings is 2. The third-order valence-electron chi connectivity index (χ3n) is 4.26. The Morgan fingerprint density at radius 2 is 1.87 bits per heavy atom. The molecule has 3 rings (SSSR count). The smallest absolute Gasteiger partial charge is 0.266 e. The van der Waals surface area contributed by atoms with E-state index in [4.69, 9.17) is 23.8 Å². The topological polar surface area (TPSA) is 89.5 Å². The number of anilines is 1. The molecule has 0 unspecified atom stereocenters. The number of halogens is 1. The summed E-state index contributed by atoms with van der Waals surface area (Å²) in [6.07, 6.45) is 2.32. The van der Waals surface area contributed by atoms with Gasteiger partial charge < -0.3 is 15.2 Å². The van der Waals surface area contributed by atoms with E-state index in [1.165, 1.54) is 40.9 Å². The van der Waals surface area contributed by atoms with E-state index in [9.17, 15) is 19.5 Å². The first-order chi connectivity index (χ1) is 14.3. The molecule has 0 saturated carbocycles.